The Morgan fingerprint density at radius 2 is 1.48 bits per heavy atom. The van der Waals surface area contributed by atoms with Crippen molar-refractivity contribution in [2.45, 2.75) is 148 Å². The van der Waals surface area contributed by atoms with Crippen LogP contribution >= 0.6 is 0 Å². The highest BCUT2D eigenvalue weighted by Gasteiger charge is 2.46. The predicted octanol–water partition coefficient (Wildman–Crippen LogP) is 4.03. The number of hydrogen-bond acceptors (Lipinski definition) is 7. The third-order valence-corrected chi connectivity index (χ3v) is 7.67. The third-order valence-electron chi connectivity index (χ3n) is 7.67. The Kier molecular flexibility index (Phi) is 19.1. The Hall–Kier alpha value is -2.15. The number of amidine groups is 1. The molecule has 0 saturated carbocycles. The first kappa shape index (κ1) is 41.9. The van der Waals surface area contributed by atoms with E-state index in [1.54, 1.807) is 41.5 Å². The highest BCUT2D eigenvalue weighted by Crippen LogP contribution is 2.30. The summed E-state index contributed by atoms with van der Waals surface area (Å²) in [5.74, 6) is 1.14. The molecule has 0 aromatic carbocycles. The largest absolute Gasteiger partial charge is 1.00 e. The Morgan fingerprint density at radius 1 is 0.935 bits per heavy atom. The van der Waals surface area contributed by atoms with Gasteiger partial charge in [0.15, 0.2) is 0 Å². The van der Waals surface area contributed by atoms with E-state index in [9.17, 15) is 14.7 Å². The van der Waals surface area contributed by atoms with E-state index in [1.165, 1.54) is 44.9 Å². The zero-order valence-corrected chi connectivity index (χ0v) is 31.6. The van der Waals surface area contributed by atoms with Gasteiger partial charge in [0.25, 0.3) is 5.84 Å². The van der Waals surface area contributed by atoms with Crippen LogP contribution in [0, 0.1) is 0 Å². The number of nitrogens with zero attached hydrogens (tertiary/aromatic N) is 3. The van der Waals surface area contributed by atoms with Gasteiger partial charge in [-0.1, -0.05) is 44.6 Å². The van der Waals surface area contributed by atoms with Crippen molar-refractivity contribution in [1.29, 1.82) is 0 Å². The number of aliphatic hydroxyl groups is 1. The summed E-state index contributed by atoms with van der Waals surface area (Å²) < 4.78 is 13.0. The lowest BCUT2D eigenvalue weighted by Crippen LogP contribution is -3.00. The lowest BCUT2D eigenvalue weighted by Gasteiger charge is -2.32. The summed E-state index contributed by atoms with van der Waals surface area (Å²) >= 11 is 0. The van der Waals surface area contributed by atoms with Crippen LogP contribution in [-0.2, 0) is 9.47 Å². The number of alkyl carbamates (subject to hydrolysis) is 2. The molecule has 1 atom stereocenters. The number of halogens is 1. The monoisotopic (exact) mass is 759 g/mol. The summed E-state index contributed by atoms with van der Waals surface area (Å²) in [6, 6.07) is 0. The lowest BCUT2D eigenvalue weighted by atomic mass is 10.0. The van der Waals surface area contributed by atoms with Gasteiger partial charge in [0.05, 0.1) is 19.6 Å². The van der Waals surface area contributed by atoms with Gasteiger partial charge in [0, 0.05) is 25.5 Å². The molecule has 2 aliphatic rings. The first-order valence-corrected chi connectivity index (χ1v) is 17.2. The van der Waals surface area contributed by atoms with Crippen molar-refractivity contribution in [3.63, 3.8) is 0 Å². The van der Waals surface area contributed by atoms with Crippen LogP contribution < -0.4 is 34.6 Å². The maximum absolute atomic E-state index is 12.3. The Morgan fingerprint density at radius 3 is 2.04 bits per heavy atom. The van der Waals surface area contributed by atoms with Gasteiger partial charge in [0.1, 0.15) is 11.2 Å². The van der Waals surface area contributed by atoms with E-state index in [4.69, 9.17) is 9.47 Å². The molecule has 46 heavy (non-hydrogen) atoms. The Labute approximate surface area is 295 Å². The molecule has 10 nitrogen and oxygen atoms in total. The van der Waals surface area contributed by atoms with Gasteiger partial charge >= 0.3 is 12.2 Å². The smallest absolute Gasteiger partial charge is 0.414 e. The zero-order valence-electron chi connectivity index (χ0n) is 29.5. The fourth-order valence-electron chi connectivity index (χ4n) is 5.58. The molecule has 0 aliphatic carbocycles. The quantitative estimate of drug-likeness (QED) is 0.0516. The number of aliphatic imine (C=N–C) groups is 1. The van der Waals surface area contributed by atoms with Gasteiger partial charge in [0.2, 0.25) is 11.7 Å². The summed E-state index contributed by atoms with van der Waals surface area (Å²) in [5, 5.41) is 16.5. The molecule has 0 fully saturated rings. The summed E-state index contributed by atoms with van der Waals surface area (Å²) in [4.78, 5) is 31.2. The molecule has 0 spiro atoms. The molecule has 11 heteroatoms. The minimum absolute atomic E-state index is 0. The molecule has 0 radical (unpaired) electrons. The second-order valence-electron chi connectivity index (χ2n) is 14.3. The summed E-state index contributed by atoms with van der Waals surface area (Å²) in [6.45, 7) is 17.6. The Bertz CT molecular complexity index is 1010. The van der Waals surface area contributed by atoms with Crippen LogP contribution in [0.25, 0.3) is 0 Å². The zero-order chi connectivity index (χ0) is 33.3. The second-order valence-corrected chi connectivity index (χ2v) is 14.3. The number of allylic oxidation sites excluding steroid dienone is 1. The number of ether oxygens (including phenoxy) is 2. The molecule has 2 aliphatic heterocycles. The van der Waals surface area contributed by atoms with Gasteiger partial charge in [-0.15, -0.1) is 6.58 Å². The molecule has 0 aromatic heterocycles. The van der Waals surface area contributed by atoms with Gasteiger partial charge in [-0.05, 0) is 86.1 Å². The van der Waals surface area contributed by atoms with Crippen molar-refractivity contribution in [3.8, 4) is 0 Å². The van der Waals surface area contributed by atoms with E-state index < -0.39 is 29.1 Å². The maximum atomic E-state index is 12.3. The summed E-state index contributed by atoms with van der Waals surface area (Å²) in [6.07, 6.45) is 20.2. The van der Waals surface area contributed by atoms with Gasteiger partial charge in [-0.25, -0.2) is 14.5 Å². The molecule has 0 saturated heterocycles. The normalized spacial score (nSPS) is 17.6. The maximum Gasteiger partial charge on any atom is 0.414 e. The number of amides is 2. The van der Waals surface area contributed by atoms with Crippen LogP contribution in [0.4, 0.5) is 9.59 Å². The molecular weight excluding hydrogens is 697 g/mol. The topological polar surface area (TPSA) is 116 Å². The van der Waals surface area contributed by atoms with E-state index in [-0.39, 0.29) is 29.9 Å². The van der Waals surface area contributed by atoms with E-state index >= 15 is 0 Å². The van der Waals surface area contributed by atoms with Gasteiger partial charge < -0.3 is 38.6 Å². The fraction of sp³-hybridized carbons (Fsp3) is 0.771. The average molecular weight is 760 g/mol. The Balaban J connectivity index is 0.0000106. The molecule has 1 unspecified atom stereocenters. The van der Waals surface area contributed by atoms with Crippen molar-refractivity contribution >= 4 is 24.0 Å². The molecule has 2 amide bonds. The highest BCUT2D eigenvalue weighted by molar-refractivity contribution is 6.01. The molecule has 264 valence electrons. The SMILES string of the molecule is C=CCCCCCCCCCCC1(O)C=CC2=[N+](CCCCCN=C(NC(=O)OC(C)(C)C)NC(=O)OC(C)(C)C)CCCN21.[I-]. The van der Waals surface area contributed by atoms with Crippen LogP contribution in [0.1, 0.15) is 131 Å². The number of hydrogen-bond donors (Lipinski definition) is 3. The number of rotatable bonds is 17. The number of carbonyl (C=O) groups excluding carboxylic acids is 2. The van der Waals surface area contributed by atoms with E-state index in [0.29, 0.717) is 6.54 Å². The van der Waals surface area contributed by atoms with Crippen LogP contribution in [0.5, 0.6) is 0 Å². The standard InChI is InChI=1S/C35H61N5O5.HI/c1-8-9-10-11-12-13-14-15-16-18-23-35(43)24-22-29-39(27-21-28-40(29)35)26-20-17-19-25-36-30(37-31(41)44-33(2,3)4)38-32(42)45-34(5,6)7;/h8,22,24,43H,1,9-21,23,25-28H2,2-7H3,(H-,36,37,38,41,42);1H. The fourth-order valence-corrected chi connectivity index (χ4v) is 5.58. The predicted molar refractivity (Wildman–Crippen MR) is 182 cm³/mol. The highest BCUT2D eigenvalue weighted by atomic mass is 127. The summed E-state index contributed by atoms with van der Waals surface area (Å²) in [5.41, 5.74) is -2.23. The molecule has 0 bridgehead atoms. The summed E-state index contributed by atoms with van der Waals surface area (Å²) in [7, 11) is 0. The average Bonchev–Trinajstić information content (AvgIpc) is 3.26. The molecule has 2 rings (SSSR count). The van der Waals surface area contributed by atoms with Crippen molar-refractivity contribution in [2.75, 3.05) is 26.2 Å². The number of fused-ring (bicyclic) bond motifs is 1. The minimum atomic E-state index is -0.869. The van der Waals surface area contributed by atoms with E-state index in [0.717, 1.165) is 70.4 Å². The first-order chi connectivity index (χ1) is 21.2. The number of guanidine groups is 1. The lowest BCUT2D eigenvalue weighted by molar-refractivity contribution is -0.539. The number of nitrogens with one attached hydrogen (secondary N) is 2. The van der Waals surface area contributed by atoms with Crippen molar-refractivity contribution in [1.82, 2.24) is 15.5 Å². The van der Waals surface area contributed by atoms with Crippen LogP contribution in [0.15, 0.2) is 29.8 Å². The van der Waals surface area contributed by atoms with Crippen molar-refractivity contribution in [2.24, 2.45) is 4.99 Å². The van der Waals surface area contributed by atoms with Crippen LogP contribution in [-0.4, -0.2) is 81.7 Å². The first-order valence-electron chi connectivity index (χ1n) is 17.2. The van der Waals surface area contributed by atoms with Crippen LogP contribution in [0.3, 0.4) is 0 Å². The molecule has 3 N–H and O–H groups in total. The number of unbranched alkanes of at least 4 members (excludes halogenated alkanes) is 10. The van der Waals surface area contributed by atoms with Gasteiger partial charge in [-0.2, -0.15) is 0 Å². The third kappa shape index (κ3) is 17.1. The van der Waals surface area contributed by atoms with E-state index in [2.05, 4.69) is 37.8 Å². The molecule has 0 aromatic rings. The minimum Gasteiger partial charge on any atom is -1.00 e. The van der Waals surface area contributed by atoms with Crippen molar-refractivity contribution in [3.05, 3.63) is 24.8 Å². The van der Waals surface area contributed by atoms with Crippen molar-refractivity contribution < 1.29 is 52.7 Å². The van der Waals surface area contributed by atoms with Gasteiger partial charge in [-0.3, -0.25) is 20.2 Å². The van der Waals surface area contributed by atoms with Crippen LogP contribution in [0.2, 0.25) is 0 Å². The number of carbonyl (C=O) groups is 2. The van der Waals surface area contributed by atoms with E-state index in [1.807, 2.05) is 12.2 Å². The molecular formula is C35H62IN5O5. The second kappa shape index (κ2) is 21.0. The molecule has 2 heterocycles.